The molecule has 2 rings (SSSR count). The number of benzene rings is 1. The van der Waals surface area contributed by atoms with E-state index in [4.69, 9.17) is 19.2 Å². The summed E-state index contributed by atoms with van der Waals surface area (Å²) in [5.74, 6) is 0.892. The summed E-state index contributed by atoms with van der Waals surface area (Å²) in [4.78, 5) is 4.84. The van der Waals surface area contributed by atoms with Crippen molar-refractivity contribution in [3.63, 3.8) is 0 Å². The highest BCUT2D eigenvalue weighted by atomic mass is 127. The maximum Gasteiger partial charge on any atom is 0.191 e. The summed E-state index contributed by atoms with van der Waals surface area (Å²) in [6.07, 6.45) is 6.32. The summed E-state index contributed by atoms with van der Waals surface area (Å²) in [7, 11) is 0. The first-order chi connectivity index (χ1) is 15.2. The van der Waals surface area contributed by atoms with E-state index in [0.717, 1.165) is 45.3 Å². The van der Waals surface area contributed by atoms with E-state index in [2.05, 4.69) is 48.7 Å². The SMILES string of the molecule is CCNC(=NCc1cccc(COCCOCC)c1)NCC1(CCOCC)CCCC1.I. The molecule has 32 heavy (non-hydrogen) atoms. The lowest BCUT2D eigenvalue weighted by atomic mass is 9.83. The zero-order valence-electron chi connectivity index (χ0n) is 20.3. The van der Waals surface area contributed by atoms with Gasteiger partial charge >= 0.3 is 0 Å². The monoisotopic (exact) mass is 561 g/mol. The van der Waals surface area contributed by atoms with Gasteiger partial charge < -0.3 is 24.8 Å². The van der Waals surface area contributed by atoms with Crippen molar-refractivity contribution < 1.29 is 14.2 Å². The van der Waals surface area contributed by atoms with E-state index in [1.807, 2.05) is 6.92 Å². The van der Waals surface area contributed by atoms with Gasteiger partial charge in [-0.05, 0) is 56.6 Å². The molecule has 1 aromatic carbocycles. The molecule has 184 valence electrons. The van der Waals surface area contributed by atoms with Crippen molar-refractivity contribution in [2.45, 2.75) is 66.0 Å². The third kappa shape index (κ3) is 11.3. The number of ether oxygens (including phenoxy) is 3. The van der Waals surface area contributed by atoms with Gasteiger partial charge in [0, 0.05) is 32.9 Å². The zero-order valence-corrected chi connectivity index (χ0v) is 22.6. The third-order valence-electron chi connectivity index (χ3n) is 5.88. The van der Waals surface area contributed by atoms with E-state index in [9.17, 15) is 0 Å². The van der Waals surface area contributed by atoms with Gasteiger partial charge in [-0.1, -0.05) is 37.1 Å². The van der Waals surface area contributed by atoms with E-state index < -0.39 is 0 Å². The molecule has 1 fully saturated rings. The lowest BCUT2D eigenvalue weighted by Crippen LogP contribution is -2.43. The Bertz CT molecular complexity index is 637. The van der Waals surface area contributed by atoms with Gasteiger partial charge in [0.15, 0.2) is 5.96 Å². The molecule has 7 heteroatoms. The highest BCUT2D eigenvalue weighted by molar-refractivity contribution is 14.0. The maximum absolute atomic E-state index is 5.69. The predicted molar refractivity (Wildman–Crippen MR) is 143 cm³/mol. The Balaban J connectivity index is 0.00000512. The van der Waals surface area contributed by atoms with E-state index in [0.29, 0.717) is 31.8 Å². The molecule has 1 aliphatic rings. The molecule has 0 radical (unpaired) electrons. The Morgan fingerprint density at radius 3 is 2.34 bits per heavy atom. The minimum atomic E-state index is 0. The van der Waals surface area contributed by atoms with Crippen LogP contribution in [0.1, 0.15) is 64.0 Å². The molecule has 0 unspecified atom stereocenters. The van der Waals surface area contributed by atoms with Crippen LogP contribution in [0.5, 0.6) is 0 Å². The normalized spacial score (nSPS) is 15.4. The number of hydrogen-bond donors (Lipinski definition) is 2. The van der Waals surface area contributed by atoms with Gasteiger partial charge in [-0.3, -0.25) is 0 Å². The highest BCUT2D eigenvalue weighted by Gasteiger charge is 2.33. The van der Waals surface area contributed by atoms with Crippen molar-refractivity contribution in [2.75, 3.05) is 46.1 Å². The van der Waals surface area contributed by atoms with Crippen LogP contribution in [0, 0.1) is 5.41 Å². The Kier molecular flexibility index (Phi) is 16.0. The zero-order chi connectivity index (χ0) is 22.2. The van der Waals surface area contributed by atoms with E-state index in [-0.39, 0.29) is 24.0 Å². The van der Waals surface area contributed by atoms with Crippen LogP contribution in [-0.2, 0) is 27.4 Å². The summed E-state index contributed by atoms with van der Waals surface area (Å²) < 4.78 is 16.7. The van der Waals surface area contributed by atoms with Crippen LogP contribution in [0.4, 0.5) is 0 Å². The van der Waals surface area contributed by atoms with Gasteiger partial charge in [-0.15, -0.1) is 24.0 Å². The summed E-state index contributed by atoms with van der Waals surface area (Å²) in [6.45, 7) is 12.9. The Morgan fingerprint density at radius 2 is 1.62 bits per heavy atom. The maximum atomic E-state index is 5.69. The Hall–Kier alpha value is -0.900. The fourth-order valence-electron chi connectivity index (χ4n) is 4.13. The lowest BCUT2D eigenvalue weighted by molar-refractivity contribution is 0.0453. The molecular weight excluding hydrogens is 517 g/mol. The summed E-state index contributed by atoms with van der Waals surface area (Å²) >= 11 is 0. The molecule has 0 bridgehead atoms. The van der Waals surface area contributed by atoms with Gasteiger partial charge in [0.05, 0.1) is 26.4 Å². The average molecular weight is 562 g/mol. The first-order valence-electron chi connectivity index (χ1n) is 12.0. The van der Waals surface area contributed by atoms with Gasteiger partial charge in [0.2, 0.25) is 0 Å². The van der Waals surface area contributed by atoms with Crippen LogP contribution in [-0.4, -0.2) is 52.1 Å². The number of halogens is 1. The second-order valence-electron chi connectivity index (χ2n) is 8.27. The minimum Gasteiger partial charge on any atom is -0.382 e. The predicted octanol–water partition coefficient (Wildman–Crippen LogP) is 4.90. The fraction of sp³-hybridized carbons (Fsp3) is 0.720. The van der Waals surface area contributed by atoms with Gasteiger partial charge in [0.1, 0.15) is 0 Å². The van der Waals surface area contributed by atoms with Crippen LogP contribution >= 0.6 is 24.0 Å². The molecule has 6 nitrogen and oxygen atoms in total. The number of rotatable bonds is 15. The second-order valence-corrected chi connectivity index (χ2v) is 8.27. The van der Waals surface area contributed by atoms with Gasteiger partial charge in [0.25, 0.3) is 0 Å². The fourth-order valence-corrected chi connectivity index (χ4v) is 4.13. The molecule has 0 atom stereocenters. The number of aliphatic imine (C=N–C) groups is 1. The topological polar surface area (TPSA) is 64.1 Å². The number of nitrogens with zero attached hydrogens (tertiary/aromatic N) is 1. The lowest BCUT2D eigenvalue weighted by Gasteiger charge is -2.30. The van der Waals surface area contributed by atoms with Crippen LogP contribution in [0.3, 0.4) is 0 Å². The molecule has 0 spiro atoms. The molecule has 0 heterocycles. The van der Waals surface area contributed by atoms with Crippen LogP contribution in [0.15, 0.2) is 29.3 Å². The van der Waals surface area contributed by atoms with Gasteiger partial charge in [-0.25, -0.2) is 4.99 Å². The van der Waals surface area contributed by atoms with Crippen molar-refractivity contribution in [2.24, 2.45) is 10.4 Å². The molecular formula is C25H44IN3O3. The van der Waals surface area contributed by atoms with E-state index in [1.54, 1.807) is 0 Å². The van der Waals surface area contributed by atoms with Crippen molar-refractivity contribution in [3.05, 3.63) is 35.4 Å². The standard InChI is InChI=1S/C25H43N3O3.HI/c1-4-26-24(28-21-25(12-7-8-13-25)14-15-29-5-2)27-19-22-10-9-11-23(18-22)20-31-17-16-30-6-3;/h9-11,18H,4-8,12-17,19-21H2,1-3H3,(H2,26,27,28);1H. The number of hydrogen-bond acceptors (Lipinski definition) is 4. The average Bonchev–Trinajstić information content (AvgIpc) is 3.25. The molecule has 0 amide bonds. The summed E-state index contributed by atoms with van der Waals surface area (Å²) in [6, 6.07) is 8.47. The first kappa shape index (κ1) is 29.1. The van der Waals surface area contributed by atoms with Crippen molar-refractivity contribution >= 4 is 29.9 Å². The third-order valence-corrected chi connectivity index (χ3v) is 5.88. The second kappa shape index (κ2) is 17.6. The molecule has 0 saturated heterocycles. The Morgan fingerprint density at radius 1 is 0.938 bits per heavy atom. The summed E-state index contributed by atoms with van der Waals surface area (Å²) in [5, 5.41) is 7.01. The first-order valence-corrected chi connectivity index (χ1v) is 12.0. The molecule has 2 N–H and O–H groups in total. The largest absolute Gasteiger partial charge is 0.382 e. The van der Waals surface area contributed by atoms with Crippen molar-refractivity contribution in [3.8, 4) is 0 Å². The van der Waals surface area contributed by atoms with E-state index >= 15 is 0 Å². The quantitative estimate of drug-likeness (QED) is 0.138. The summed E-state index contributed by atoms with van der Waals surface area (Å²) in [5.41, 5.74) is 2.70. The number of guanidine groups is 1. The van der Waals surface area contributed by atoms with Crippen molar-refractivity contribution in [1.82, 2.24) is 10.6 Å². The molecule has 1 aromatic rings. The van der Waals surface area contributed by atoms with Crippen LogP contribution < -0.4 is 10.6 Å². The molecule has 0 aliphatic heterocycles. The smallest absolute Gasteiger partial charge is 0.191 e. The Labute approximate surface area is 212 Å². The van der Waals surface area contributed by atoms with Crippen LogP contribution in [0.2, 0.25) is 0 Å². The van der Waals surface area contributed by atoms with E-state index in [1.165, 1.54) is 36.8 Å². The van der Waals surface area contributed by atoms with Gasteiger partial charge in [-0.2, -0.15) is 0 Å². The van der Waals surface area contributed by atoms with Crippen molar-refractivity contribution in [1.29, 1.82) is 0 Å². The highest BCUT2D eigenvalue weighted by Crippen LogP contribution is 2.40. The minimum absolute atomic E-state index is 0. The molecule has 1 saturated carbocycles. The molecule has 0 aromatic heterocycles. The molecule has 1 aliphatic carbocycles. The number of nitrogens with one attached hydrogen (secondary N) is 2. The van der Waals surface area contributed by atoms with Crippen LogP contribution in [0.25, 0.3) is 0 Å².